The number of carbonyl (C=O) groups excluding carboxylic acids is 2. The lowest BCUT2D eigenvalue weighted by atomic mass is 10.1. The molecule has 1 heterocycles. The third kappa shape index (κ3) is 7.40. The number of nitrogens with zero attached hydrogens (tertiary/aromatic N) is 1. The SMILES string of the molecule is CC(C)(C)NC(=O)N(Cc1ccccc1)c1cccc(CC(=O)NCC2CCCO2)c1. The first-order chi connectivity index (χ1) is 14.8. The fraction of sp³-hybridized carbons (Fsp3) is 0.440. The van der Waals surface area contributed by atoms with E-state index in [2.05, 4.69) is 10.6 Å². The van der Waals surface area contributed by atoms with Crippen LogP contribution in [0.3, 0.4) is 0 Å². The minimum Gasteiger partial charge on any atom is -0.376 e. The van der Waals surface area contributed by atoms with Crippen molar-refractivity contribution in [1.29, 1.82) is 0 Å². The van der Waals surface area contributed by atoms with Gasteiger partial charge >= 0.3 is 6.03 Å². The van der Waals surface area contributed by atoms with Gasteiger partial charge in [-0.25, -0.2) is 4.79 Å². The fourth-order valence-electron chi connectivity index (χ4n) is 3.55. The summed E-state index contributed by atoms with van der Waals surface area (Å²) in [7, 11) is 0. The second-order valence-corrected chi connectivity index (χ2v) is 9.04. The van der Waals surface area contributed by atoms with Gasteiger partial charge in [0.2, 0.25) is 5.91 Å². The standard InChI is InChI=1S/C25H33N3O3/c1-25(2,3)27-24(30)28(18-19-9-5-4-6-10-19)21-12-7-11-20(15-21)16-23(29)26-17-22-13-8-14-31-22/h4-7,9-12,15,22H,8,13-14,16-18H2,1-3H3,(H,26,29)(H,27,30). The van der Waals surface area contributed by atoms with E-state index in [9.17, 15) is 9.59 Å². The van der Waals surface area contributed by atoms with Crippen LogP contribution < -0.4 is 15.5 Å². The summed E-state index contributed by atoms with van der Waals surface area (Å²) in [5, 5.41) is 6.00. The summed E-state index contributed by atoms with van der Waals surface area (Å²) in [4.78, 5) is 27.2. The molecule has 1 aliphatic rings. The number of hydrogen-bond donors (Lipinski definition) is 2. The predicted octanol–water partition coefficient (Wildman–Crippen LogP) is 4.04. The van der Waals surface area contributed by atoms with Crippen LogP contribution in [0.5, 0.6) is 0 Å². The molecule has 6 nitrogen and oxygen atoms in total. The Morgan fingerprint density at radius 2 is 1.81 bits per heavy atom. The van der Waals surface area contributed by atoms with E-state index in [1.54, 1.807) is 4.90 Å². The average Bonchev–Trinajstić information content (AvgIpc) is 3.24. The molecular weight excluding hydrogens is 390 g/mol. The number of ether oxygens (including phenoxy) is 1. The predicted molar refractivity (Wildman–Crippen MR) is 123 cm³/mol. The second-order valence-electron chi connectivity index (χ2n) is 9.04. The quantitative estimate of drug-likeness (QED) is 0.706. The van der Waals surface area contributed by atoms with Crippen LogP contribution in [0.4, 0.5) is 10.5 Å². The number of carbonyl (C=O) groups is 2. The smallest absolute Gasteiger partial charge is 0.322 e. The molecule has 31 heavy (non-hydrogen) atoms. The van der Waals surface area contributed by atoms with Crippen molar-refractivity contribution in [2.24, 2.45) is 0 Å². The van der Waals surface area contributed by atoms with Crippen LogP contribution in [0.2, 0.25) is 0 Å². The largest absolute Gasteiger partial charge is 0.376 e. The number of rotatable bonds is 7. The van der Waals surface area contributed by atoms with Crippen molar-refractivity contribution in [3.8, 4) is 0 Å². The van der Waals surface area contributed by atoms with Crippen LogP contribution in [-0.4, -0.2) is 36.7 Å². The summed E-state index contributed by atoms with van der Waals surface area (Å²) in [5.74, 6) is -0.0404. The van der Waals surface area contributed by atoms with E-state index in [0.29, 0.717) is 13.1 Å². The summed E-state index contributed by atoms with van der Waals surface area (Å²) in [6.45, 7) is 7.64. The van der Waals surface area contributed by atoms with Gasteiger partial charge in [0.25, 0.3) is 0 Å². The summed E-state index contributed by atoms with van der Waals surface area (Å²) in [6.07, 6.45) is 2.43. The minimum atomic E-state index is -0.355. The van der Waals surface area contributed by atoms with E-state index in [1.165, 1.54) is 0 Å². The number of nitrogens with one attached hydrogen (secondary N) is 2. The number of anilines is 1. The molecular formula is C25H33N3O3. The molecule has 2 aromatic carbocycles. The van der Waals surface area contributed by atoms with Crippen molar-refractivity contribution >= 4 is 17.6 Å². The third-order valence-electron chi connectivity index (χ3n) is 5.05. The molecule has 0 radical (unpaired) electrons. The Balaban J connectivity index is 1.72. The van der Waals surface area contributed by atoms with Crippen molar-refractivity contribution in [3.63, 3.8) is 0 Å². The van der Waals surface area contributed by atoms with Gasteiger partial charge in [0.15, 0.2) is 0 Å². The number of urea groups is 1. The Kier molecular flexibility index (Phi) is 7.69. The molecule has 0 aliphatic carbocycles. The molecule has 0 spiro atoms. The summed E-state index contributed by atoms with van der Waals surface area (Å²) >= 11 is 0. The number of hydrogen-bond acceptors (Lipinski definition) is 3. The molecule has 6 heteroatoms. The first-order valence-corrected chi connectivity index (χ1v) is 10.9. The van der Waals surface area contributed by atoms with Gasteiger partial charge in [-0.1, -0.05) is 42.5 Å². The van der Waals surface area contributed by atoms with E-state index in [-0.39, 0.29) is 30.0 Å². The van der Waals surface area contributed by atoms with E-state index < -0.39 is 0 Å². The van der Waals surface area contributed by atoms with Crippen molar-refractivity contribution in [2.45, 2.75) is 58.2 Å². The molecule has 3 rings (SSSR count). The Bertz CT molecular complexity index is 871. The van der Waals surface area contributed by atoms with Gasteiger partial charge in [0.05, 0.1) is 19.1 Å². The molecule has 1 unspecified atom stereocenters. The van der Waals surface area contributed by atoms with Gasteiger partial charge in [0.1, 0.15) is 0 Å². The molecule has 1 fully saturated rings. The highest BCUT2D eigenvalue weighted by molar-refractivity contribution is 5.92. The zero-order valence-electron chi connectivity index (χ0n) is 18.7. The average molecular weight is 424 g/mol. The highest BCUT2D eigenvalue weighted by Crippen LogP contribution is 2.21. The third-order valence-corrected chi connectivity index (χ3v) is 5.05. The lowest BCUT2D eigenvalue weighted by molar-refractivity contribution is -0.120. The molecule has 1 atom stereocenters. The maximum atomic E-state index is 13.1. The van der Waals surface area contributed by atoms with E-state index in [0.717, 1.165) is 36.3 Å². The Hall–Kier alpha value is -2.86. The molecule has 2 N–H and O–H groups in total. The fourth-order valence-corrected chi connectivity index (χ4v) is 3.55. The Morgan fingerprint density at radius 1 is 1.06 bits per heavy atom. The van der Waals surface area contributed by atoms with Crippen molar-refractivity contribution in [1.82, 2.24) is 10.6 Å². The van der Waals surface area contributed by atoms with Crippen LogP contribution in [-0.2, 0) is 22.5 Å². The van der Waals surface area contributed by atoms with E-state index in [4.69, 9.17) is 4.74 Å². The van der Waals surface area contributed by atoms with E-state index >= 15 is 0 Å². The van der Waals surface area contributed by atoms with Crippen LogP contribution in [0.15, 0.2) is 54.6 Å². The van der Waals surface area contributed by atoms with Gasteiger partial charge in [-0.15, -0.1) is 0 Å². The van der Waals surface area contributed by atoms with Crippen molar-refractivity contribution < 1.29 is 14.3 Å². The highest BCUT2D eigenvalue weighted by Gasteiger charge is 2.22. The van der Waals surface area contributed by atoms with Gasteiger partial charge in [0, 0.05) is 24.4 Å². The van der Waals surface area contributed by atoms with E-state index in [1.807, 2.05) is 75.4 Å². The van der Waals surface area contributed by atoms with Crippen LogP contribution in [0, 0.1) is 0 Å². The zero-order valence-corrected chi connectivity index (χ0v) is 18.7. The van der Waals surface area contributed by atoms with Crippen molar-refractivity contribution in [2.75, 3.05) is 18.1 Å². The molecule has 1 saturated heterocycles. The zero-order chi connectivity index (χ0) is 22.3. The Labute approximate surface area is 185 Å². The normalized spacial score (nSPS) is 16.0. The maximum absolute atomic E-state index is 13.1. The molecule has 0 bridgehead atoms. The monoisotopic (exact) mass is 423 g/mol. The van der Waals surface area contributed by atoms with Gasteiger partial charge in [-0.2, -0.15) is 0 Å². The lowest BCUT2D eigenvalue weighted by Gasteiger charge is -2.29. The molecule has 0 aromatic heterocycles. The molecule has 3 amide bonds. The Morgan fingerprint density at radius 3 is 2.48 bits per heavy atom. The maximum Gasteiger partial charge on any atom is 0.322 e. The lowest BCUT2D eigenvalue weighted by Crippen LogP contribution is -2.48. The second kappa shape index (κ2) is 10.4. The number of benzene rings is 2. The first-order valence-electron chi connectivity index (χ1n) is 10.9. The molecule has 2 aromatic rings. The highest BCUT2D eigenvalue weighted by atomic mass is 16.5. The van der Waals surface area contributed by atoms with Crippen LogP contribution in [0.1, 0.15) is 44.7 Å². The minimum absolute atomic E-state index is 0.0404. The molecule has 1 aliphatic heterocycles. The molecule has 166 valence electrons. The summed E-state index contributed by atoms with van der Waals surface area (Å²) < 4.78 is 5.56. The topological polar surface area (TPSA) is 70.7 Å². The summed E-state index contributed by atoms with van der Waals surface area (Å²) in [6, 6.07) is 17.3. The van der Waals surface area contributed by atoms with Gasteiger partial charge in [-0.05, 0) is 56.9 Å². The van der Waals surface area contributed by atoms with Crippen LogP contribution in [0.25, 0.3) is 0 Å². The first kappa shape index (κ1) is 22.8. The molecule has 0 saturated carbocycles. The van der Waals surface area contributed by atoms with Crippen LogP contribution >= 0.6 is 0 Å². The van der Waals surface area contributed by atoms with Crippen molar-refractivity contribution in [3.05, 3.63) is 65.7 Å². The van der Waals surface area contributed by atoms with Gasteiger partial charge in [-0.3, -0.25) is 9.69 Å². The number of amides is 3. The summed E-state index contributed by atoms with van der Waals surface area (Å²) in [5.41, 5.74) is 2.30. The van der Waals surface area contributed by atoms with Gasteiger partial charge < -0.3 is 15.4 Å².